The fourth-order valence-electron chi connectivity index (χ4n) is 4.62. The Morgan fingerprint density at radius 1 is 1.13 bits per heavy atom. The van der Waals surface area contributed by atoms with Crippen LogP contribution >= 0.6 is 11.3 Å². The predicted octanol–water partition coefficient (Wildman–Crippen LogP) is 2.87. The third-order valence-electron chi connectivity index (χ3n) is 6.76. The van der Waals surface area contributed by atoms with Gasteiger partial charge in [-0.15, -0.1) is 11.3 Å². The quantitative estimate of drug-likeness (QED) is 0.736. The molecule has 0 radical (unpaired) electrons. The Kier molecular flexibility index (Phi) is 5.76. The lowest BCUT2D eigenvalue weighted by Gasteiger charge is -2.43. The zero-order valence-corrected chi connectivity index (χ0v) is 18.5. The summed E-state index contributed by atoms with van der Waals surface area (Å²) in [5.41, 5.74) is 2.32. The number of carbonyl (C=O) groups is 1. The minimum atomic E-state index is 0.284. The van der Waals surface area contributed by atoms with E-state index in [0.29, 0.717) is 6.54 Å². The standard InChI is InChI=1S/C23H30N4O2S/c1-29-19-7-5-17(6-8-19)23-24-20-9-10-25(15-21(20)30-23)16-22(28)27-13-11-26(12-14-27)18-3-2-4-18/h5-8,18H,2-4,9-16H2,1H3. The van der Waals surface area contributed by atoms with Gasteiger partial charge in [-0.3, -0.25) is 14.6 Å². The molecule has 1 aromatic carbocycles. The molecule has 2 fully saturated rings. The molecule has 1 aromatic heterocycles. The first-order valence-corrected chi connectivity index (χ1v) is 11.9. The molecular weight excluding hydrogens is 396 g/mol. The van der Waals surface area contributed by atoms with Gasteiger partial charge in [-0.05, 0) is 37.1 Å². The van der Waals surface area contributed by atoms with Crippen LogP contribution in [0.5, 0.6) is 5.75 Å². The molecule has 6 nitrogen and oxygen atoms in total. The van der Waals surface area contributed by atoms with Crippen LogP contribution < -0.4 is 4.74 Å². The maximum Gasteiger partial charge on any atom is 0.236 e. The fourth-order valence-corrected chi connectivity index (χ4v) is 5.78. The molecule has 3 aliphatic rings. The van der Waals surface area contributed by atoms with E-state index < -0.39 is 0 Å². The SMILES string of the molecule is COc1ccc(-c2nc3c(s2)CN(CC(=O)N2CCN(C4CCC4)CC2)CC3)cc1. The summed E-state index contributed by atoms with van der Waals surface area (Å²) in [5, 5.41) is 1.06. The van der Waals surface area contributed by atoms with Crippen molar-refractivity contribution in [2.75, 3.05) is 46.4 Å². The minimum Gasteiger partial charge on any atom is -0.497 e. The van der Waals surface area contributed by atoms with Gasteiger partial charge in [0, 0.05) is 62.2 Å². The summed E-state index contributed by atoms with van der Waals surface area (Å²) in [6, 6.07) is 8.87. The van der Waals surface area contributed by atoms with Crippen molar-refractivity contribution >= 4 is 17.2 Å². The smallest absolute Gasteiger partial charge is 0.236 e. The van der Waals surface area contributed by atoms with Gasteiger partial charge >= 0.3 is 0 Å². The average Bonchev–Trinajstić information content (AvgIpc) is 3.16. The van der Waals surface area contributed by atoms with Crippen LogP contribution in [0.4, 0.5) is 0 Å². The topological polar surface area (TPSA) is 48.9 Å². The van der Waals surface area contributed by atoms with Gasteiger partial charge in [0.25, 0.3) is 0 Å². The fraction of sp³-hybridized carbons (Fsp3) is 0.565. The molecule has 1 saturated heterocycles. The number of hydrogen-bond donors (Lipinski definition) is 0. The van der Waals surface area contributed by atoms with E-state index in [-0.39, 0.29) is 5.91 Å². The summed E-state index contributed by atoms with van der Waals surface area (Å²) in [7, 11) is 1.68. The first-order valence-electron chi connectivity index (χ1n) is 11.1. The van der Waals surface area contributed by atoms with E-state index in [0.717, 1.165) is 68.1 Å². The number of piperazine rings is 1. The summed E-state index contributed by atoms with van der Waals surface area (Å²) in [6.45, 7) is 6.12. The van der Waals surface area contributed by atoms with Gasteiger partial charge in [0.05, 0.1) is 19.3 Å². The Bertz CT molecular complexity index is 885. The van der Waals surface area contributed by atoms with Crippen LogP contribution in [0.25, 0.3) is 10.6 Å². The molecule has 2 aliphatic heterocycles. The van der Waals surface area contributed by atoms with Crippen molar-refractivity contribution in [2.45, 2.75) is 38.3 Å². The highest BCUT2D eigenvalue weighted by atomic mass is 32.1. The molecular formula is C23H30N4O2S. The summed E-state index contributed by atoms with van der Waals surface area (Å²) >= 11 is 1.76. The lowest BCUT2D eigenvalue weighted by Crippen LogP contribution is -2.55. The molecule has 5 rings (SSSR count). The Morgan fingerprint density at radius 2 is 1.90 bits per heavy atom. The number of aromatic nitrogens is 1. The summed E-state index contributed by atoms with van der Waals surface area (Å²) in [4.78, 5) is 26.0. The molecule has 0 atom stereocenters. The molecule has 160 valence electrons. The van der Waals surface area contributed by atoms with Crippen molar-refractivity contribution in [3.05, 3.63) is 34.8 Å². The van der Waals surface area contributed by atoms with Crippen molar-refractivity contribution in [1.29, 1.82) is 0 Å². The van der Waals surface area contributed by atoms with Crippen molar-refractivity contribution in [3.63, 3.8) is 0 Å². The molecule has 2 aromatic rings. The largest absolute Gasteiger partial charge is 0.497 e. The number of ether oxygens (including phenoxy) is 1. The van der Waals surface area contributed by atoms with Gasteiger partial charge in [0.15, 0.2) is 0 Å². The van der Waals surface area contributed by atoms with Crippen LogP contribution in [-0.2, 0) is 17.8 Å². The Labute approximate surface area is 182 Å². The Balaban J connectivity index is 1.16. The number of hydrogen-bond acceptors (Lipinski definition) is 6. The molecule has 30 heavy (non-hydrogen) atoms. The number of amides is 1. The lowest BCUT2D eigenvalue weighted by molar-refractivity contribution is -0.135. The van der Waals surface area contributed by atoms with Gasteiger partial charge in [0.2, 0.25) is 5.91 Å². The third-order valence-corrected chi connectivity index (χ3v) is 7.90. The van der Waals surface area contributed by atoms with Gasteiger partial charge in [0.1, 0.15) is 10.8 Å². The van der Waals surface area contributed by atoms with Crippen molar-refractivity contribution in [3.8, 4) is 16.3 Å². The van der Waals surface area contributed by atoms with Gasteiger partial charge in [-0.1, -0.05) is 6.42 Å². The monoisotopic (exact) mass is 426 g/mol. The van der Waals surface area contributed by atoms with Crippen LogP contribution in [0.15, 0.2) is 24.3 Å². The van der Waals surface area contributed by atoms with E-state index >= 15 is 0 Å². The van der Waals surface area contributed by atoms with Gasteiger partial charge in [-0.25, -0.2) is 4.98 Å². The normalized spacial score (nSPS) is 20.6. The van der Waals surface area contributed by atoms with E-state index in [9.17, 15) is 4.79 Å². The predicted molar refractivity (Wildman–Crippen MR) is 119 cm³/mol. The summed E-state index contributed by atoms with van der Waals surface area (Å²) < 4.78 is 5.25. The molecule has 1 amide bonds. The second kappa shape index (κ2) is 8.65. The molecule has 0 spiro atoms. The molecule has 3 heterocycles. The van der Waals surface area contributed by atoms with Crippen molar-refractivity contribution in [2.24, 2.45) is 0 Å². The number of methoxy groups -OCH3 is 1. The maximum absolute atomic E-state index is 12.9. The lowest BCUT2D eigenvalue weighted by atomic mass is 9.91. The van der Waals surface area contributed by atoms with E-state index in [4.69, 9.17) is 9.72 Å². The zero-order chi connectivity index (χ0) is 20.5. The molecule has 0 unspecified atom stereocenters. The van der Waals surface area contributed by atoms with Crippen molar-refractivity contribution < 1.29 is 9.53 Å². The number of fused-ring (bicyclic) bond motifs is 1. The molecule has 0 bridgehead atoms. The number of carbonyl (C=O) groups excluding carboxylic acids is 1. The first kappa shape index (κ1) is 20.0. The van der Waals surface area contributed by atoms with Gasteiger partial charge in [-0.2, -0.15) is 0 Å². The second-order valence-electron chi connectivity index (χ2n) is 8.58. The molecule has 1 aliphatic carbocycles. The summed E-state index contributed by atoms with van der Waals surface area (Å²) in [5.74, 6) is 1.14. The van der Waals surface area contributed by atoms with Crippen LogP contribution in [-0.4, -0.2) is 78.0 Å². The first-order chi connectivity index (χ1) is 14.7. The number of thiazole rings is 1. The minimum absolute atomic E-state index is 0.284. The van der Waals surface area contributed by atoms with E-state index in [1.807, 2.05) is 12.1 Å². The Hall–Kier alpha value is -1.96. The summed E-state index contributed by atoms with van der Waals surface area (Å²) in [6.07, 6.45) is 4.98. The van der Waals surface area contributed by atoms with E-state index in [1.54, 1.807) is 18.4 Å². The van der Waals surface area contributed by atoms with Crippen LogP contribution in [0, 0.1) is 0 Å². The van der Waals surface area contributed by atoms with Gasteiger partial charge < -0.3 is 9.64 Å². The highest BCUT2D eigenvalue weighted by molar-refractivity contribution is 7.15. The van der Waals surface area contributed by atoms with Crippen LogP contribution in [0.2, 0.25) is 0 Å². The third kappa shape index (κ3) is 4.11. The number of rotatable bonds is 5. The molecule has 1 saturated carbocycles. The second-order valence-corrected chi connectivity index (χ2v) is 9.66. The zero-order valence-electron chi connectivity index (χ0n) is 17.7. The highest BCUT2D eigenvalue weighted by Gasteiger charge is 2.30. The Morgan fingerprint density at radius 3 is 2.57 bits per heavy atom. The van der Waals surface area contributed by atoms with Crippen LogP contribution in [0.1, 0.15) is 29.8 Å². The highest BCUT2D eigenvalue weighted by Crippen LogP contribution is 2.32. The number of benzene rings is 1. The van der Waals surface area contributed by atoms with Crippen molar-refractivity contribution in [1.82, 2.24) is 19.7 Å². The molecule has 7 heteroatoms. The van der Waals surface area contributed by atoms with Crippen LogP contribution in [0.3, 0.4) is 0 Å². The average molecular weight is 427 g/mol. The van der Waals surface area contributed by atoms with E-state index in [1.165, 1.54) is 29.8 Å². The van der Waals surface area contributed by atoms with E-state index in [2.05, 4.69) is 26.8 Å². The maximum atomic E-state index is 12.9. The number of nitrogens with zero attached hydrogens (tertiary/aromatic N) is 4. The molecule has 0 N–H and O–H groups in total.